The van der Waals surface area contributed by atoms with Crippen LogP contribution < -0.4 is 0 Å². The van der Waals surface area contributed by atoms with Crippen molar-refractivity contribution in [3.63, 3.8) is 0 Å². The van der Waals surface area contributed by atoms with E-state index in [1.165, 1.54) is 135 Å². The fourth-order valence-electron chi connectivity index (χ4n) is 32.7. The van der Waals surface area contributed by atoms with E-state index in [0.717, 1.165) is 204 Å². The first kappa shape index (κ1) is 84.8. The second-order valence-electron chi connectivity index (χ2n) is 44.4. The number of hydrogen-bond donors (Lipinski definition) is 4. The van der Waals surface area contributed by atoms with Crippen molar-refractivity contribution >= 4 is 35.1 Å². The standard InChI is InChI=1S/2C25H40O4.C24H36N2O2.C23H35N3O2/c2*1-4-5-23(27)29-15-22(26)21-9-8-20-19-7-6-16-14-24(2,28)12-10-17(16)18(19)11-13-25(20,21)3;1-23(28)10-8-17-16(14-23)4-5-19-18(17)9-11-24(2)20(19)6-7-21(24)22(27)15-26-13-3-12-25-26;1-22(28)9-7-16-15(11-22)3-4-18-17(16)8-10-23(2)19(18)5-6-20(23)21(27)12-26-14-24-13-25-26/h2*16-21,28H,4-15H2,1-3H3;3,12-13,16-21,28H,4-11,14-15H2,1-2H3;13-20,28H,3-12H2,1-2H3/t16-,17+,18-,19-,20+,21-,24-,25+;16-,17-,18+,19+,20-,21+,24+,25-;16-,17+,18-,19-,20+,21-,23-,24+;15-,16+,17-,18-,19+,20-,22-,23+/m1011/s1. The van der Waals surface area contributed by atoms with Gasteiger partial charge in [0.1, 0.15) is 32.4 Å². The van der Waals surface area contributed by atoms with Gasteiger partial charge in [-0.05, 0) is 418 Å². The number of carbonyl (C=O) groups excluding carboxylic acids is 6. The average molecular weight is 1580 g/mol. The molecular formula is C97H151N5O12. The van der Waals surface area contributed by atoms with Crippen LogP contribution in [0.3, 0.4) is 0 Å². The maximum Gasteiger partial charge on any atom is 0.306 e. The molecule has 0 amide bonds. The summed E-state index contributed by atoms with van der Waals surface area (Å²) < 4.78 is 14.0. The van der Waals surface area contributed by atoms with Gasteiger partial charge in [-0.1, -0.05) is 41.5 Å². The molecule has 114 heavy (non-hydrogen) atoms. The molecule has 0 saturated heterocycles. The zero-order chi connectivity index (χ0) is 80.7. The van der Waals surface area contributed by atoms with E-state index in [9.17, 15) is 49.2 Å². The first-order chi connectivity index (χ1) is 54.2. The van der Waals surface area contributed by atoms with Crippen LogP contribution in [-0.4, -0.2) is 116 Å². The summed E-state index contributed by atoms with van der Waals surface area (Å²) >= 11 is 0. The number of carbonyl (C=O) groups is 6. The van der Waals surface area contributed by atoms with E-state index in [4.69, 9.17) is 9.47 Å². The fourth-order valence-corrected chi connectivity index (χ4v) is 32.7. The van der Waals surface area contributed by atoms with E-state index in [1.807, 2.05) is 53.8 Å². The van der Waals surface area contributed by atoms with E-state index in [1.54, 1.807) is 21.9 Å². The Morgan fingerprint density at radius 3 is 0.930 bits per heavy atom. The lowest BCUT2D eigenvalue weighted by Crippen LogP contribution is -2.51. The Balaban J connectivity index is 0.000000120. The lowest BCUT2D eigenvalue weighted by Gasteiger charge is -2.56. The molecule has 2 heterocycles. The van der Waals surface area contributed by atoms with E-state index in [-0.39, 0.29) is 82.1 Å². The van der Waals surface area contributed by atoms with Crippen LogP contribution in [0.4, 0.5) is 0 Å². The lowest BCUT2D eigenvalue weighted by atomic mass is 9.49. The van der Waals surface area contributed by atoms with Crippen LogP contribution in [0, 0.1) is 164 Å². The summed E-state index contributed by atoms with van der Waals surface area (Å²) in [5.74, 6) is 16.2. The number of fused-ring (bicyclic) bond motifs is 20. The molecular weight excluding hydrogens is 1430 g/mol. The molecule has 16 aliphatic rings. The van der Waals surface area contributed by atoms with E-state index >= 15 is 0 Å². The van der Waals surface area contributed by atoms with Gasteiger partial charge in [-0.15, -0.1) is 0 Å². The van der Waals surface area contributed by atoms with Crippen LogP contribution in [0.2, 0.25) is 0 Å². The van der Waals surface area contributed by atoms with Crippen molar-refractivity contribution in [1.82, 2.24) is 24.5 Å². The number of ketones is 4. The van der Waals surface area contributed by atoms with E-state index in [0.29, 0.717) is 67.1 Å². The summed E-state index contributed by atoms with van der Waals surface area (Å²) in [5.41, 5.74) is -1.26. The SMILES string of the molecule is CCCC(=O)OCC(=O)[C@H]1CC[C@H]2[C@@H]3CC[C@@H]4C[C@](C)(O)CC[C@@H]4[C@H]3CC[C@]12C.CCCC(=O)OCC(=O)[C@H]1CC[C@H]2[C@@H]3CC[C@H]4C[C@](C)(O)CC[C@@H]4[C@H]3CC[C@]12C.C[C@@]1(O)CC[C@H]2[C@H](CC[C@@H]3[C@@H]2CC[C@]2(C)[C@@H](C(=O)Cn4cccn4)CC[C@@H]32)C1.C[C@@]1(O)CC[C@H]2[C@H](CC[C@@H]3[C@@H]2CC[C@]2(C)[C@@H](C(=O)Cn4cncn4)CC[C@@H]32)C1. The van der Waals surface area contributed by atoms with Crippen LogP contribution >= 0.6 is 0 Å². The molecule has 0 unspecified atom stereocenters. The third-order valence-electron chi connectivity index (χ3n) is 37.8. The number of aromatic nitrogens is 5. The summed E-state index contributed by atoms with van der Waals surface area (Å²) in [6.07, 6.45) is 50.6. The molecule has 0 spiro atoms. The molecule has 4 N–H and O–H groups in total. The predicted octanol–water partition coefficient (Wildman–Crippen LogP) is 18.2. The average Bonchev–Trinajstić information content (AvgIpc) is 1.62. The second-order valence-corrected chi connectivity index (χ2v) is 44.4. The molecule has 0 aromatic carbocycles. The molecule has 636 valence electrons. The highest BCUT2D eigenvalue weighted by Gasteiger charge is 2.64. The first-order valence-corrected chi connectivity index (χ1v) is 47.4. The molecule has 2 aromatic heterocycles. The Kier molecular flexibility index (Phi) is 25.0. The highest BCUT2D eigenvalue weighted by atomic mass is 16.5. The van der Waals surface area contributed by atoms with Crippen molar-refractivity contribution < 1.29 is 58.7 Å². The Hall–Kier alpha value is -4.19. The summed E-state index contributed by atoms with van der Waals surface area (Å²) in [6.45, 7) is 22.3. The van der Waals surface area contributed by atoms with Crippen molar-refractivity contribution in [2.45, 2.75) is 362 Å². The minimum Gasteiger partial charge on any atom is -0.458 e. The van der Waals surface area contributed by atoms with Gasteiger partial charge in [0.2, 0.25) is 0 Å². The molecule has 0 bridgehead atoms. The van der Waals surface area contributed by atoms with Gasteiger partial charge in [-0.2, -0.15) is 10.2 Å². The molecule has 0 radical (unpaired) electrons. The molecule has 17 heteroatoms. The molecule has 0 aliphatic heterocycles. The number of hydrogen-bond acceptors (Lipinski definition) is 15. The molecule has 32 atom stereocenters. The van der Waals surface area contributed by atoms with Gasteiger partial charge in [-0.25, -0.2) is 9.67 Å². The van der Waals surface area contributed by atoms with Gasteiger partial charge in [0.15, 0.2) is 23.1 Å². The summed E-state index contributed by atoms with van der Waals surface area (Å²) in [5, 5.41) is 50.6. The Morgan fingerprint density at radius 1 is 0.351 bits per heavy atom. The summed E-state index contributed by atoms with van der Waals surface area (Å²) in [4.78, 5) is 79.6. The Morgan fingerprint density at radius 2 is 0.649 bits per heavy atom. The van der Waals surface area contributed by atoms with Gasteiger partial charge >= 0.3 is 11.9 Å². The number of aliphatic hydroxyl groups is 4. The topological polar surface area (TPSA) is 250 Å². The largest absolute Gasteiger partial charge is 0.458 e. The quantitative estimate of drug-likeness (QED) is 0.114. The summed E-state index contributed by atoms with van der Waals surface area (Å²) in [7, 11) is 0. The highest BCUT2D eigenvalue weighted by Crippen LogP contribution is 2.70. The Labute approximate surface area is 684 Å². The van der Waals surface area contributed by atoms with Crippen LogP contribution in [-0.2, 0) is 51.3 Å². The van der Waals surface area contributed by atoms with Crippen LogP contribution in [0.5, 0.6) is 0 Å². The van der Waals surface area contributed by atoms with Crippen LogP contribution in [0.1, 0.15) is 326 Å². The van der Waals surface area contributed by atoms with Gasteiger partial charge in [-0.3, -0.25) is 33.4 Å². The highest BCUT2D eigenvalue weighted by molar-refractivity contribution is 5.86. The number of nitrogens with zero attached hydrogens (tertiary/aromatic N) is 5. The van der Waals surface area contributed by atoms with Crippen LogP contribution in [0.15, 0.2) is 31.1 Å². The number of Topliss-reactive ketones (excluding diaryl/α,β-unsaturated/α-hetero) is 4. The minimum absolute atomic E-state index is 0.0281. The van der Waals surface area contributed by atoms with Crippen LogP contribution in [0.25, 0.3) is 0 Å². The molecule has 16 fully saturated rings. The lowest BCUT2D eigenvalue weighted by molar-refractivity contribution is -0.151. The zero-order valence-corrected chi connectivity index (χ0v) is 72.1. The summed E-state index contributed by atoms with van der Waals surface area (Å²) in [6, 6.07) is 1.90. The maximum absolute atomic E-state index is 13.1. The van der Waals surface area contributed by atoms with Crippen molar-refractivity contribution in [2.24, 2.45) is 164 Å². The fraction of sp³-hybridized carbons (Fsp3) is 0.887. The van der Waals surface area contributed by atoms with Crippen molar-refractivity contribution in [3.05, 3.63) is 31.1 Å². The van der Waals surface area contributed by atoms with Gasteiger partial charge < -0.3 is 29.9 Å². The predicted molar refractivity (Wildman–Crippen MR) is 439 cm³/mol. The van der Waals surface area contributed by atoms with Crippen molar-refractivity contribution in [3.8, 4) is 0 Å². The molecule has 16 saturated carbocycles. The normalized spacial score (nSPS) is 47.1. The number of ether oxygens (including phenoxy) is 2. The van der Waals surface area contributed by atoms with Crippen molar-refractivity contribution in [2.75, 3.05) is 13.2 Å². The monoisotopic (exact) mass is 1580 g/mol. The van der Waals surface area contributed by atoms with E-state index < -0.39 is 22.4 Å². The third-order valence-corrected chi connectivity index (χ3v) is 37.8. The smallest absolute Gasteiger partial charge is 0.306 e. The zero-order valence-electron chi connectivity index (χ0n) is 72.1. The Bertz CT molecular complexity index is 3450. The first-order valence-electron chi connectivity index (χ1n) is 47.4. The van der Waals surface area contributed by atoms with Crippen molar-refractivity contribution in [1.29, 1.82) is 0 Å². The second kappa shape index (κ2) is 33.7. The van der Waals surface area contributed by atoms with Gasteiger partial charge in [0.25, 0.3) is 0 Å². The van der Waals surface area contributed by atoms with Gasteiger partial charge in [0, 0.05) is 48.9 Å². The maximum atomic E-state index is 13.1. The minimum atomic E-state index is -0.461. The molecule has 18 rings (SSSR count). The number of esters is 2. The van der Waals surface area contributed by atoms with Gasteiger partial charge in [0.05, 0.1) is 28.9 Å². The molecule has 17 nitrogen and oxygen atoms in total. The molecule has 2 aromatic rings. The van der Waals surface area contributed by atoms with E-state index in [2.05, 4.69) is 42.9 Å². The third kappa shape index (κ3) is 16.9. The molecule has 16 aliphatic carbocycles. The number of rotatable bonds is 16.